The van der Waals surface area contributed by atoms with Crippen LogP contribution in [0, 0.1) is 11.6 Å². The molecular weight excluding hydrogens is 514 g/mol. The van der Waals surface area contributed by atoms with Gasteiger partial charge in [-0.15, -0.1) is 0 Å². The van der Waals surface area contributed by atoms with E-state index >= 15 is 4.39 Å². The largest absolute Gasteiger partial charge is 0.489 e. The number of rotatable bonds is 5. The minimum Gasteiger partial charge on any atom is -0.489 e. The monoisotopic (exact) mass is 532 g/mol. The number of hydrogen-bond donors (Lipinski definition) is 3. The molecule has 1 aliphatic rings. The summed E-state index contributed by atoms with van der Waals surface area (Å²) in [6.45, 7) is 1.71. The van der Waals surface area contributed by atoms with E-state index in [1.165, 1.54) is 18.3 Å². The number of benzene rings is 3. The van der Waals surface area contributed by atoms with Crippen LogP contribution in [-0.2, 0) is 16.4 Å². The number of fused-ring (bicyclic) bond motifs is 2. The molecular formula is C24H19ClF2N4O4S. The normalized spacial score (nSPS) is 15.1. The van der Waals surface area contributed by atoms with Crippen molar-refractivity contribution in [2.24, 2.45) is 0 Å². The first-order valence-electron chi connectivity index (χ1n) is 10.8. The third-order valence-electron chi connectivity index (χ3n) is 5.87. The first kappa shape index (κ1) is 24.2. The zero-order valence-corrected chi connectivity index (χ0v) is 20.3. The predicted octanol–water partition coefficient (Wildman–Crippen LogP) is 4.60. The molecule has 4 N–H and O–H groups in total. The Balaban J connectivity index is 1.61. The number of aliphatic hydroxyl groups is 1. The third-order valence-corrected chi connectivity index (χ3v) is 7.46. The first-order chi connectivity index (χ1) is 17.1. The molecule has 0 amide bonds. The Morgan fingerprint density at radius 2 is 2.03 bits per heavy atom. The quantitative estimate of drug-likeness (QED) is 0.343. The highest BCUT2D eigenvalue weighted by atomic mass is 35.5. The summed E-state index contributed by atoms with van der Waals surface area (Å²) < 4.78 is 64.5. The number of ether oxygens (including phenoxy) is 1. The molecule has 2 heterocycles. The Hall–Kier alpha value is -3.54. The Kier molecular flexibility index (Phi) is 5.93. The number of nitrogens with one attached hydrogen (secondary N) is 1. The molecule has 0 saturated heterocycles. The molecule has 1 aromatic heterocycles. The van der Waals surface area contributed by atoms with Gasteiger partial charge in [0, 0.05) is 22.2 Å². The molecule has 8 nitrogen and oxygen atoms in total. The molecule has 5 rings (SSSR count). The highest BCUT2D eigenvalue weighted by Gasteiger charge is 2.32. The maximum absolute atomic E-state index is 15.7. The minimum atomic E-state index is -4.44. The van der Waals surface area contributed by atoms with Crippen molar-refractivity contribution in [1.82, 2.24) is 9.97 Å². The van der Waals surface area contributed by atoms with Gasteiger partial charge in [0.15, 0.2) is 5.82 Å². The highest BCUT2D eigenvalue weighted by molar-refractivity contribution is 7.92. The molecule has 4 aromatic rings. The van der Waals surface area contributed by atoms with Crippen molar-refractivity contribution >= 4 is 44.2 Å². The number of halogens is 3. The molecule has 0 bridgehead atoms. The van der Waals surface area contributed by atoms with E-state index < -0.39 is 39.0 Å². The van der Waals surface area contributed by atoms with Crippen LogP contribution in [0.15, 0.2) is 47.5 Å². The van der Waals surface area contributed by atoms with E-state index in [0.29, 0.717) is 22.9 Å². The second-order valence-electron chi connectivity index (χ2n) is 8.19. The van der Waals surface area contributed by atoms with Crippen LogP contribution >= 0.6 is 11.6 Å². The van der Waals surface area contributed by atoms with E-state index in [1.807, 2.05) is 6.92 Å². The van der Waals surface area contributed by atoms with E-state index in [-0.39, 0.29) is 39.3 Å². The van der Waals surface area contributed by atoms with E-state index in [9.17, 15) is 17.9 Å². The smallest absolute Gasteiger partial charge is 0.265 e. The minimum absolute atomic E-state index is 0.0463. The zero-order valence-electron chi connectivity index (χ0n) is 18.7. The zero-order chi connectivity index (χ0) is 25.8. The molecule has 0 radical (unpaired) electrons. The van der Waals surface area contributed by atoms with Crippen LogP contribution in [0.3, 0.4) is 0 Å². The summed E-state index contributed by atoms with van der Waals surface area (Å²) in [5.41, 5.74) is 6.41. The molecule has 0 aliphatic carbocycles. The van der Waals surface area contributed by atoms with Gasteiger partial charge >= 0.3 is 0 Å². The summed E-state index contributed by atoms with van der Waals surface area (Å²) in [5.74, 6) is -2.01. The van der Waals surface area contributed by atoms with Gasteiger partial charge in [0.1, 0.15) is 29.2 Å². The Morgan fingerprint density at radius 3 is 2.78 bits per heavy atom. The van der Waals surface area contributed by atoms with E-state index in [2.05, 4.69) is 14.7 Å². The van der Waals surface area contributed by atoms with Crippen molar-refractivity contribution in [3.05, 3.63) is 70.4 Å². The number of nitrogens with zero attached hydrogens (tertiary/aromatic N) is 2. The van der Waals surface area contributed by atoms with Crippen LogP contribution in [0.25, 0.3) is 22.0 Å². The number of sulfonamides is 1. The summed E-state index contributed by atoms with van der Waals surface area (Å²) in [7, 11) is -4.44. The molecule has 186 valence electrons. The van der Waals surface area contributed by atoms with Crippen molar-refractivity contribution in [1.29, 1.82) is 0 Å². The molecule has 3 aromatic carbocycles. The van der Waals surface area contributed by atoms with Gasteiger partial charge in [0.25, 0.3) is 10.0 Å². The van der Waals surface area contributed by atoms with Crippen LogP contribution in [0.4, 0.5) is 20.4 Å². The first-order valence-corrected chi connectivity index (χ1v) is 12.7. The van der Waals surface area contributed by atoms with Crippen molar-refractivity contribution in [2.75, 3.05) is 17.1 Å². The van der Waals surface area contributed by atoms with Crippen LogP contribution in [0.1, 0.15) is 24.2 Å². The Bertz CT molecular complexity index is 1650. The number of nitrogen functional groups attached to an aromatic ring is 1. The molecule has 0 spiro atoms. The predicted molar refractivity (Wildman–Crippen MR) is 131 cm³/mol. The fourth-order valence-electron chi connectivity index (χ4n) is 4.18. The second-order valence-corrected chi connectivity index (χ2v) is 10.3. The van der Waals surface area contributed by atoms with Gasteiger partial charge in [-0.25, -0.2) is 27.2 Å². The van der Waals surface area contributed by atoms with Crippen LogP contribution in [0.2, 0.25) is 5.02 Å². The van der Waals surface area contributed by atoms with Crippen molar-refractivity contribution < 1.29 is 27.0 Å². The van der Waals surface area contributed by atoms with Crippen molar-refractivity contribution in [3.8, 4) is 16.9 Å². The van der Waals surface area contributed by atoms with Crippen molar-refractivity contribution in [3.63, 3.8) is 0 Å². The molecule has 12 heteroatoms. The van der Waals surface area contributed by atoms with Gasteiger partial charge in [-0.05, 0) is 53.9 Å². The average molecular weight is 533 g/mol. The third kappa shape index (κ3) is 4.08. The lowest BCUT2D eigenvalue weighted by Gasteiger charge is -2.15. The number of nitrogens with two attached hydrogens (primary N) is 1. The molecule has 1 atom stereocenters. The lowest BCUT2D eigenvalue weighted by atomic mass is 9.97. The summed E-state index contributed by atoms with van der Waals surface area (Å²) >= 11 is 6.05. The van der Waals surface area contributed by atoms with Gasteiger partial charge in [-0.3, -0.25) is 4.72 Å². The molecule has 36 heavy (non-hydrogen) atoms. The lowest BCUT2D eigenvalue weighted by Crippen LogP contribution is -2.15. The van der Waals surface area contributed by atoms with Crippen LogP contribution < -0.4 is 15.2 Å². The molecule has 0 saturated carbocycles. The summed E-state index contributed by atoms with van der Waals surface area (Å²) in [6.07, 6.45) is 0.903. The fraction of sp³-hybridized carbons (Fsp3) is 0.167. The maximum Gasteiger partial charge on any atom is 0.265 e. The SMILES string of the molecule is CCc1cc(-c2c(F)ccc(NS(=O)(=O)c3cc(Cl)cc4c3OCC4O)c2F)cc2cnc(N)nc12. The molecule has 1 aliphatic heterocycles. The van der Waals surface area contributed by atoms with Gasteiger partial charge in [-0.2, -0.15) is 0 Å². The van der Waals surface area contributed by atoms with Gasteiger partial charge in [-0.1, -0.05) is 18.5 Å². The van der Waals surface area contributed by atoms with Gasteiger partial charge in [0.2, 0.25) is 5.95 Å². The van der Waals surface area contributed by atoms with Crippen molar-refractivity contribution in [2.45, 2.75) is 24.3 Å². The second kappa shape index (κ2) is 8.84. The van der Waals surface area contributed by atoms with E-state index in [1.54, 1.807) is 6.07 Å². The summed E-state index contributed by atoms with van der Waals surface area (Å²) in [5, 5.41) is 10.6. The Morgan fingerprint density at radius 1 is 1.25 bits per heavy atom. The highest BCUT2D eigenvalue weighted by Crippen LogP contribution is 2.41. The maximum atomic E-state index is 15.7. The van der Waals surface area contributed by atoms with Gasteiger partial charge < -0.3 is 15.6 Å². The lowest BCUT2D eigenvalue weighted by molar-refractivity contribution is 0.140. The average Bonchev–Trinajstić information content (AvgIpc) is 3.20. The topological polar surface area (TPSA) is 127 Å². The van der Waals surface area contributed by atoms with Gasteiger partial charge in [0.05, 0.1) is 16.8 Å². The summed E-state index contributed by atoms with van der Waals surface area (Å²) in [4.78, 5) is 7.79. The molecule has 1 unspecified atom stereocenters. The van der Waals surface area contributed by atoms with Crippen LogP contribution in [-0.4, -0.2) is 30.1 Å². The Labute approximate surface area is 209 Å². The fourth-order valence-corrected chi connectivity index (χ4v) is 5.74. The number of aromatic nitrogens is 2. The number of anilines is 2. The van der Waals surface area contributed by atoms with E-state index in [0.717, 1.165) is 18.2 Å². The van der Waals surface area contributed by atoms with E-state index in [4.69, 9.17) is 22.1 Å². The number of aliphatic hydroxyl groups excluding tert-OH is 1. The summed E-state index contributed by atoms with van der Waals surface area (Å²) in [6, 6.07) is 7.56. The number of hydrogen-bond acceptors (Lipinski definition) is 7. The molecule has 0 fully saturated rings. The standard InChI is InChI=1S/C24H19ClF2N4O4S/c1-2-11-5-12(6-13-9-29-24(28)30-22(11)13)20-16(26)3-4-17(21(20)27)31-36(33,34)19-8-14(25)7-15-18(32)10-35-23(15)19/h3-9,18,31-32H,2,10H2,1H3,(H2,28,29,30). The van der Waals surface area contributed by atoms with Crippen LogP contribution in [0.5, 0.6) is 5.75 Å². The number of aryl methyl sites for hydroxylation is 1.